The molecule has 2 N–H and O–H groups in total. The molecule has 33 heavy (non-hydrogen) atoms. The molecular weight excluding hydrogens is 442 g/mol. The third-order valence-electron chi connectivity index (χ3n) is 5.51. The van der Waals surface area contributed by atoms with E-state index < -0.39 is 10.0 Å². The van der Waals surface area contributed by atoms with Crippen molar-refractivity contribution in [2.75, 3.05) is 38.7 Å². The molecule has 0 unspecified atom stereocenters. The lowest BCUT2D eigenvalue weighted by Crippen LogP contribution is -2.40. The number of carbonyl (C=O) groups is 1. The van der Waals surface area contributed by atoms with E-state index in [4.69, 9.17) is 9.47 Å². The van der Waals surface area contributed by atoms with Gasteiger partial charge in [-0.25, -0.2) is 8.42 Å². The second-order valence-electron chi connectivity index (χ2n) is 7.69. The largest absolute Gasteiger partial charge is 0.495 e. The number of carbonyl (C=O) groups excluding carboxylic acids is 1. The van der Waals surface area contributed by atoms with Crippen molar-refractivity contribution < 1.29 is 22.7 Å². The quantitative estimate of drug-likeness (QED) is 0.527. The zero-order valence-corrected chi connectivity index (χ0v) is 19.2. The van der Waals surface area contributed by atoms with Crippen molar-refractivity contribution in [2.45, 2.75) is 17.7 Å². The van der Waals surface area contributed by atoms with Crippen LogP contribution >= 0.6 is 0 Å². The Bertz CT molecular complexity index is 1200. The first-order chi connectivity index (χ1) is 16.0. The first-order valence-electron chi connectivity index (χ1n) is 10.8. The van der Waals surface area contributed by atoms with Crippen molar-refractivity contribution in [3.8, 4) is 17.0 Å². The predicted octanol–water partition coefficient (Wildman–Crippen LogP) is 3.28. The highest BCUT2D eigenvalue weighted by molar-refractivity contribution is 7.89. The molecule has 2 aromatic carbocycles. The first-order valence-corrected chi connectivity index (χ1v) is 12.2. The van der Waals surface area contributed by atoms with Crippen molar-refractivity contribution in [3.63, 3.8) is 0 Å². The SMILES string of the molecule is COc1ccc(S(=O)(=O)N2CCOCC2)cc1NC(=O)CCc1ccc(-c2ccccc2)[nH]1. The van der Waals surface area contributed by atoms with Crippen LogP contribution in [0.5, 0.6) is 5.75 Å². The second kappa shape index (κ2) is 10.2. The van der Waals surface area contributed by atoms with Gasteiger partial charge in [0.15, 0.2) is 0 Å². The highest BCUT2D eigenvalue weighted by Gasteiger charge is 2.27. The summed E-state index contributed by atoms with van der Waals surface area (Å²) >= 11 is 0. The van der Waals surface area contributed by atoms with Gasteiger partial charge < -0.3 is 19.8 Å². The van der Waals surface area contributed by atoms with Gasteiger partial charge in [-0.3, -0.25) is 4.79 Å². The molecule has 1 aliphatic rings. The molecule has 4 rings (SSSR count). The number of anilines is 1. The zero-order chi connectivity index (χ0) is 23.3. The number of aromatic nitrogens is 1. The molecule has 0 radical (unpaired) electrons. The number of H-pyrrole nitrogens is 1. The Labute approximate surface area is 193 Å². The van der Waals surface area contributed by atoms with E-state index >= 15 is 0 Å². The number of nitrogens with zero attached hydrogens (tertiary/aromatic N) is 1. The fraction of sp³-hybridized carbons (Fsp3) is 0.292. The number of sulfonamides is 1. The minimum Gasteiger partial charge on any atom is -0.495 e. The molecule has 9 heteroatoms. The first kappa shape index (κ1) is 23.0. The van der Waals surface area contributed by atoms with E-state index in [1.54, 1.807) is 6.07 Å². The third-order valence-corrected chi connectivity index (χ3v) is 7.40. The number of rotatable bonds is 8. The van der Waals surface area contributed by atoms with Crippen LogP contribution < -0.4 is 10.1 Å². The van der Waals surface area contributed by atoms with Crippen molar-refractivity contribution >= 4 is 21.6 Å². The summed E-state index contributed by atoms with van der Waals surface area (Å²) in [4.78, 5) is 16.1. The van der Waals surface area contributed by atoms with Crippen LogP contribution in [0.4, 0.5) is 5.69 Å². The maximum absolute atomic E-state index is 13.0. The van der Waals surface area contributed by atoms with Crippen LogP contribution in [0.3, 0.4) is 0 Å². The Morgan fingerprint density at radius 2 is 1.85 bits per heavy atom. The van der Waals surface area contributed by atoms with Gasteiger partial charge in [0.1, 0.15) is 5.75 Å². The Kier molecular flexibility index (Phi) is 7.12. The van der Waals surface area contributed by atoms with E-state index in [-0.39, 0.29) is 17.2 Å². The topological polar surface area (TPSA) is 101 Å². The maximum Gasteiger partial charge on any atom is 0.243 e. The van der Waals surface area contributed by atoms with Gasteiger partial charge in [0.05, 0.1) is 30.9 Å². The highest BCUT2D eigenvalue weighted by Crippen LogP contribution is 2.29. The lowest BCUT2D eigenvalue weighted by Gasteiger charge is -2.26. The minimum absolute atomic E-state index is 0.109. The van der Waals surface area contributed by atoms with Crippen LogP contribution in [0.1, 0.15) is 12.1 Å². The van der Waals surface area contributed by atoms with Gasteiger partial charge in [-0.05, 0) is 42.3 Å². The number of hydrogen-bond acceptors (Lipinski definition) is 5. The molecule has 0 aliphatic carbocycles. The molecule has 0 atom stereocenters. The molecule has 2 heterocycles. The van der Waals surface area contributed by atoms with E-state index in [9.17, 15) is 13.2 Å². The number of nitrogens with one attached hydrogen (secondary N) is 2. The molecular formula is C24H27N3O5S. The number of benzene rings is 2. The summed E-state index contributed by atoms with van der Waals surface area (Å²) in [5.41, 5.74) is 3.35. The smallest absolute Gasteiger partial charge is 0.243 e. The number of morpholine rings is 1. The lowest BCUT2D eigenvalue weighted by molar-refractivity contribution is -0.116. The normalized spacial score (nSPS) is 14.7. The average molecular weight is 470 g/mol. The van der Waals surface area contributed by atoms with Gasteiger partial charge in [-0.15, -0.1) is 0 Å². The van der Waals surface area contributed by atoms with Crippen LogP contribution in [0.2, 0.25) is 0 Å². The van der Waals surface area contributed by atoms with Gasteiger partial charge >= 0.3 is 0 Å². The van der Waals surface area contributed by atoms with Gasteiger partial charge in [0.2, 0.25) is 15.9 Å². The molecule has 1 saturated heterocycles. The van der Waals surface area contributed by atoms with Crippen molar-refractivity contribution in [2.24, 2.45) is 0 Å². The van der Waals surface area contributed by atoms with E-state index in [1.165, 1.54) is 23.5 Å². The molecule has 1 aromatic heterocycles. The molecule has 0 bridgehead atoms. The Balaban J connectivity index is 1.43. The Hall–Kier alpha value is -3.14. The van der Waals surface area contributed by atoms with E-state index in [0.29, 0.717) is 44.2 Å². The van der Waals surface area contributed by atoms with Crippen LogP contribution in [0.25, 0.3) is 11.3 Å². The third kappa shape index (κ3) is 5.44. The summed E-state index contributed by atoms with van der Waals surface area (Å²) in [7, 11) is -2.21. The number of methoxy groups -OCH3 is 1. The number of ether oxygens (including phenoxy) is 2. The van der Waals surface area contributed by atoms with Crippen molar-refractivity contribution in [1.29, 1.82) is 0 Å². The summed E-state index contributed by atoms with van der Waals surface area (Å²) in [6, 6.07) is 18.4. The Morgan fingerprint density at radius 3 is 2.58 bits per heavy atom. The molecule has 1 amide bonds. The summed E-state index contributed by atoms with van der Waals surface area (Å²) in [6.45, 7) is 1.34. The standard InChI is InChI=1S/C24H27N3O5S/c1-31-23-11-9-20(33(29,30)27-13-15-32-16-14-27)17-22(23)26-24(28)12-8-19-7-10-21(25-19)18-5-3-2-4-6-18/h2-7,9-11,17,25H,8,12-16H2,1H3,(H,26,28). The van der Waals surface area contributed by atoms with Gasteiger partial charge in [0.25, 0.3) is 0 Å². The molecule has 174 valence electrons. The van der Waals surface area contributed by atoms with Crippen molar-refractivity contribution in [1.82, 2.24) is 9.29 Å². The van der Waals surface area contributed by atoms with Gasteiger partial charge in [-0.2, -0.15) is 4.31 Å². The molecule has 8 nitrogen and oxygen atoms in total. The van der Waals surface area contributed by atoms with E-state index in [0.717, 1.165) is 17.0 Å². The number of hydrogen-bond donors (Lipinski definition) is 2. The average Bonchev–Trinajstić information content (AvgIpc) is 3.33. The fourth-order valence-corrected chi connectivity index (χ4v) is 5.15. The van der Waals surface area contributed by atoms with E-state index in [1.807, 2.05) is 42.5 Å². The van der Waals surface area contributed by atoms with Crippen molar-refractivity contribution in [3.05, 3.63) is 66.4 Å². The summed E-state index contributed by atoms with van der Waals surface area (Å²) in [5.74, 6) is 0.167. The molecule has 0 spiro atoms. The zero-order valence-electron chi connectivity index (χ0n) is 18.4. The van der Waals surface area contributed by atoms with Crippen LogP contribution in [-0.2, 0) is 26.0 Å². The number of aromatic amines is 1. The number of amides is 1. The van der Waals surface area contributed by atoms with Crippen LogP contribution in [-0.4, -0.2) is 57.0 Å². The maximum atomic E-state index is 13.0. The van der Waals surface area contributed by atoms with Gasteiger partial charge in [0, 0.05) is 30.9 Å². The predicted molar refractivity (Wildman–Crippen MR) is 126 cm³/mol. The fourth-order valence-electron chi connectivity index (χ4n) is 3.71. The van der Waals surface area contributed by atoms with E-state index in [2.05, 4.69) is 10.3 Å². The minimum atomic E-state index is -3.68. The molecule has 1 aliphatic heterocycles. The lowest BCUT2D eigenvalue weighted by atomic mass is 10.2. The monoisotopic (exact) mass is 469 g/mol. The molecule has 0 saturated carbocycles. The second-order valence-corrected chi connectivity index (χ2v) is 9.63. The van der Waals surface area contributed by atoms with Crippen LogP contribution in [0, 0.1) is 0 Å². The Morgan fingerprint density at radius 1 is 1.09 bits per heavy atom. The molecule has 3 aromatic rings. The molecule has 1 fully saturated rings. The summed E-state index contributed by atoms with van der Waals surface area (Å²) in [6.07, 6.45) is 0.755. The van der Waals surface area contributed by atoms with Crippen LogP contribution in [0.15, 0.2) is 65.6 Å². The summed E-state index contributed by atoms with van der Waals surface area (Å²) < 4.78 is 37.9. The highest BCUT2D eigenvalue weighted by atomic mass is 32.2. The number of aryl methyl sites for hydroxylation is 1. The van der Waals surface area contributed by atoms with Gasteiger partial charge in [-0.1, -0.05) is 30.3 Å². The summed E-state index contributed by atoms with van der Waals surface area (Å²) in [5, 5.41) is 2.80.